The number of hydrogen-bond acceptors (Lipinski definition) is 7. The van der Waals surface area contributed by atoms with Gasteiger partial charge in [0.2, 0.25) is 11.7 Å². The van der Waals surface area contributed by atoms with Gasteiger partial charge in [-0.1, -0.05) is 0 Å². The molecule has 1 saturated heterocycles. The van der Waals surface area contributed by atoms with Gasteiger partial charge in [0.1, 0.15) is 5.56 Å². The van der Waals surface area contributed by atoms with Gasteiger partial charge in [0.15, 0.2) is 12.6 Å². The summed E-state index contributed by atoms with van der Waals surface area (Å²) in [6, 6.07) is 0. The molecule has 1 aliphatic heterocycles. The van der Waals surface area contributed by atoms with E-state index in [-0.39, 0.29) is 23.2 Å². The topological polar surface area (TPSA) is 96.2 Å². The van der Waals surface area contributed by atoms with E-state index in [1.54, 1.807) is 13.8 Å². The van der Waals surface area contributed by atoms with E-state index >= 15 is 0 Å². The highest BCUT2D eigenvalue weighted by Gasteiger charge is 2.34. The van der Waals surface area contributed by atoms with Crippen molar-refractivity contribution in [3.8, 4) is 0 Å². The van der Waals surface area contributed by atoms with Gasteiger partial charge in [-0.15, -0.1) is 0 Å². The van der Waals surface area contributed by atoms with Crippen molar-refractivity contribution in [1.82, 2.24) is 4.57 Å². The zero-order chi connectivity index (χ0) is 17.1. The second-order valence-corrected chi connectivity index (χ2v) is 5.60. The minimum atomic E-state index is -1.13. The van der Waals surface area contributed by atoms with Crippen LogP contribution in [-0.2, 0) is 25.5 Å². The highest BCUT2D eigenvalue weighted by atomic mass is 79.9. The fourth-order valence-corrected chi connectivity index (χ4v) is 2.75. The van der Waals surface area contributed by atoms with Gasteiger partial charge in [-0.3, -0.25) is 4.79 Å². The molecule has 0 aliphatic carbocycles. The molecule has 1 atom stereocenters. The number of methoxy groups -OCH3 is 1. The van der Waals surface area contributed by atoms with E-state index < -0.39 is 30.3 Å². The highest BCUT2D eigenvalue weighted by molar-refractivity contribution is 9.10. The lowest BCUT2D eigenvalue weighted by Crippen LogP contribution is -2.37. The standard InChI is InChI=1S/C14H18BrNO7/c1-4-21-13(19)8-5-16(6-9(17)20-3)11(10(15)12(8)18)14-22-7(2)23-14/h5,7,9,14,17H,4,6H2,1-3H3. The van der Waals surface area contributed by atoms with Crippen molar-refractivity contribution in [2.75, 3.05) is 13.7 Å². The Balaban J connectivity index is 2.49. The first-order chi connectivity index (χ1) is 10.9. The van der Waals surface area contributed by atoms with Crippen molar-refractivity contribution < 1.29 is 28.8 Å². The largest absolute Gasteiger partial charge is 0.462 e. The predicted octanol–water partition coefficient (Wildman–Crippen LogP) is 1.14. The van der Waals surface area contributed by atoms with Crippen molar-refractivity contribution in [3.05, 3.63) is 32.2 Å². The third kappa shape index (κ3) is 3.81. The molecule has 8 nitrogen and oxygen atoms in total. The lowest BCUT2D eigenvalue weighted by atomic mass is 10.2. The first kappa shape index (κ1) is 18.1. The number of carbonyl (C=O) groups is 1. The van der Waals surface area contributed by atoms with Crippen LogP contribution in [-0.4, -0.2) is 41.9 Å². The summed E-state index contributed by atoms with van der Waals surface area (Å²) < 4.78 is 22.1. The maximum Gasteiger partial charge on any atom is 0.343 e. The van der Waals surface area contributed by atoms with E-state index in [9.17, 15) is 14.7 Å². The van der Waals surface area contributed by atoms with Gasteiger partial charge in [-0.2, -0.15) is 0 Å². The second kappa shape index (κ2) is 7.54. The molecular formula is C14H18BrNO7. The molecule has 1 unspecified atom stereocenters. The second-order valence-electron chi connectivity index (χ2n) is 4.81. The molecule has 0 bridgehead atoms. The summed E-state index contributed by atoms with van der Waals surface area (Å²) in [6.07, 6.45) is -0.992. The zero-order valence-corrected chi connectivity index (χ0v) is 14.5. The molecule has 1 aromatic rings. The van der Waals surface area contributed by atoms with Crippen LogP contribution in [0.4, 0.5) is 0 Å². The van der Waals surface area contributed by atoms with Gasteiger partial charge < -0.3 is 28.6 Å². The average molecular weight is 392 g/mol. The highest BCUT2D eigenvalue weighted by Crippen LogP contribution is 2.34. The summed E-state index contributed by atoms with van der Waals surface area (Å²) in [5, 5.41) is 9.72. The number of halogens is 1. The van der Waals surface area contributed by atoms with Crippen LogP contribution in [0, 0.1) is 0 Å². The molecule has 0 saturated carbocycles. The van der Waals surface area contributed by atoms with Crippen LogP contribution in [0.5, 0.6) is 0 Å². The van der Waals surface area contributed by atoms with E-state index in [1.807, 2.05) is 0 Å². The Morgan fingerprint density at radius 1 is 1.52 bits per heavy atom. The van der Waals surface area contributed by atoms with Gasteiger partial charge in [0.05, 0.1) is 23.3 Å². The Bertz CT molecular complexity index is 639. The van der Waals surface area contributed by atoms with Gasteiger partial charge in [0, 0.05) is 13.3 Å². The van der Waals surface area contributed by atoms with Gasteiger partial charge in [-0.05, 0) is 29.8 Å². The smallest absolute Gasteiger partial charge is 0.343 e. The van der Waals surface area contributed by atoms with Crippen LogP contribution in [0.25, 0.3) is 0 Å². The quantitative estimate of drug-likeness (QED) is 0.573. The zero-order valence-electron chi connectivity index (χ0n) is 12.9. The van der Waals surface area contributed by atoms with E-state index in [2.05, 4.69) is 15.9 Å². The fourth-order valence-electron chi connectivity index (χ4n) is 2.12. The Morgan fingerprint density at radius 2 is 2.17 bits per heavy atom. The lowest BCUT2D eigenvalue weighted by molar-refractivity contribution is -0.385. The van der Waals surface area contributed by atoms with Gasteiger partial charge >= 0.3 is 5.97 Å². The molecule has 0 amide bonds. The number of aliphatic hydroxyl groups excluding tert-OH is 1. The maximum atomic E-state index is 12.4. The number of esters is 1. The number of aromatic nitrogens is 1. The molecule has 0 radical (unpaired) electrons. The summed E-state index contributed by atoms with van der Waals surface area (Å²) in [5.41, 5.74) is -0.330. The molecule has 1 aliphatic rings. The van der Waals surface area contributed by atoms with E-state index in [0.717, 1.165) is 0 Å². The maximum absolute atomic E-state index is 12.4. The number of ether oxygens (including phenoxy) is 4. The van der Waals surface area contributed by atoms with Crippen LogP contribution in [0.3, 0.4) is 0 Å². The molecule has 128 valence electrons. The van der Waals surface area contributed by atoms with Crippen LogP contribution in [0.2, 0.25) is 0 Å². The molecule has 0 spiro atoms. The number of pyridine rings is 1. The molecule has 23 heavy (non-hydrogen) atoms. The average Bonchev–Trinajstić information content (AvgIpc) is 2.48. The van der Waals surface area contributed by atoms with Crippen LogP contribution in [0.1, 0.15) is 36.2 Å². The minimum Gasteiger partial charge on any atom is -0.462 e. The first-order valence-corrected chi connectivity index (χ1v) is 7.80. The molecular weight excluding hydrogens is 374 g/mol. The number of rotatable bonds is 6. The van der Waals surface area contributed by atoms with E-state index in [1.165, 1.54) is 17.9 Å². The summed E-state index contributed by atoms with van der Waals surface area (Å²) >= 11 is 3.18. The van der Waals surface area contributed by atoms with Crippen LogP contribution >= 0.6 is 15.9 Å². The number of carbonyl (C=O) groups excluding carboxylic acids is 1. The molecule has 1 aromatic heterocycles. The molecule has 2 heterocycles. The normalized spacial score (nSPS) is 21.6. The Kier molecular flexibility index (Phi) is 5.93. The predicted molar refractivity (Wildman–Crippen MR) is 81.7 cm³/mol. The van der Waals surface area contributed by atoms with Crippen LogP contribution < -0.4 is 5.43 Å². The van der Waals surface area contributed by atoms with Gasteiger partial charge in [0.25, 0.3) is 0 Å². The molecule has 2 rings (SSSR count). The first-order valence-electron chi connectivity index (χ1n) is 7.00. The number of hydrogen-bond donors (Lipinski definition) is 1. The van der Waals surface area contributed by atoms with Crippen molar-refractivity contribution in [3.63, 3.8) is 0 Å². The summed E-state index contributed by atoms with van der Waals surface area (Å²) in [7, 11) is 1.34. The van der Waals surface area contributed by atoms with Crippen LogP contribution in [0.15, 0.2) is 15.5 Å². The minimum absolute atomic E-state index is 0.0191. The Morgan fingerprint density at radius 3 is 2.70 bits per heavy atom. The lowest BCUT2D eigenvalue weighted by Gasteiger charge is -2.36. The molecule has 1 N–H and O–H groups in total. The van der Waals surface area contributed by atoms with Gasteiger partial charge in [-0.25, -0.2) is 4.79 Å². The van der Waals surface area contributed by atoms with Crippen molar-refractivity contribution in [1.29, 1.82) is 0 Å². The van der Waals surface area contributed by atoms with E-state index in [0.29, 0.717) is 5.69 Å². The summed E-state index contributed by atoms with van der Waals surface area (Å²) in [4.78, 5) is 24.3. The monoisotopic (exact) mass is 391 g/mol. The third-order valence-corrected chi connectivity index (χ3v) is 4.00. The summed E-state index contributed by atoms with van der Waals surface area (Å²) in [6.45, 7) is 3.48. The van der Waals surface area contributed by atoms with Crippen molar-refractivity contribution in [2.24, 2.45) is 0 Å². The summed E-state index contributed by atoms with van der Waals surface area (Å²) in [5.74, 6) is -0.741. The molecule has 1 fully saturated rings. The SMILES string of the molecule is CCOC(=O)c1cn(CC(O)OC)c(C2OC(C)O2)c(Br)c1=O. The van der Waals surface area contributed by atoms with E-state index in [4.69, 9.17) is 18.9 Å². The fraction of sp³-hybridized carbons (Fsp3) is 0.571. The molecule has 9 heteroatoms. The number of aliphatic hydroxyl groups is 1. The third-order valence-electron chi connectivity index (χ3n) is 3.24. The molecule has 0 aromatic carbocycles. The Labute approximate surface area is 141 Å². The Hall–Kier alpha value is -1.26. The van der Waals surface area contributed by atoms with Crippen molar-refractivity contribution >= 4 is 21.9 Å². The number of nitrogens with zero attached hydrogens (tertiary/aromatic N) is 1. The van der Waals surface area contributed by atoms with Crippen molar-refractivity contribution in [2.45, 2.75) is 39.3 Å².